The Labute approximate surface area is 97.7 Å². The molecular formula is C12H23N3O. The first-order valence-corrected chi connectivity index (χ1v) is 6.23. The molecule has 0 saturated carbocycles. The van der Waals surface area contributed by atoms with Crippen molar-refractivity contribution in [3.8, 4) is 0 Å². The van der Waals surface area contributed by atoms with Crippen LogP contribution in [0.2, 0.25) is 0 Å². The van der Waals surface area contributed by atoms with E-state index in [1.165, 1.54) is 0 Å². The Hall–Kier alpha value is -0.900. The minimum Gasteiger partial charge on any atom is -0.396 e. The Morgan fingerprint density at radius 1 is 1.25 bits per heavy atom. The molecule has 0 spiro atoms. The normalized spacial score (nSPS) is 12.0. The Balaban J connectivity index is 2.81. The van der Waals surface area contributed by atoms with Crippen LogP contribution in [-0.2, 0) is 12.0 Å². The summed E-state index contributed by atoms with van der Waals surface area (Å²) in [7, 11) is 0. The molecule has 0 aliphatic heterocycles. The highest BCUT2D eigenvalue weighted by atomic mass is 16.3. The van der Waals surface area contributed by atoms with Crippen molar-refractivity contribution in [3.05, 3.63) is 11.9 Å². The van der Waals surface area contributed by atoms with E-state index in [1.807, 2.05) is 10.9 Å². The summed E-state index contributed by atoms with van der Waals surface area (Å²) < 4.78 is 1.83. The van der Waals surface area contributed by atoms with Gasteiger partial charge in [0.05, 0.1) is 5.69 Å². The molecule has 1 N–H and O–H groups in total. The molecule has 0 amide bonds. The molecule has 0 saturated heterocycles. The van der Waals surface area contributed by atoms with Gasteiger partial charge in [-0.2, -0.15) is 0 Å². The van der Waals surface area contributed by atoms with Crippen LogP contribution in [0, 0.1) is 0 Å². The third kappa shape index (κ3) is 2.61. The molecule has 0 aliphatic carbocycles. The molecule has 0 aromatic carbocycles. The van der Waals surface area contributed by atoms with Gasteiger partial charge in [0, 0.05) is 24.8 Å². The van der Waals surface area contributed by atoms with E-state index < -0.39 is 0 Å². The smallest absolute Gasteiger partial charge is 0.0888 e. The van der Waals surface area contributed by atoms with E-state index in [0.29, 0.717) is 0 Å². The maximum absolute atomic E-state index is 8.77. The van der Waals surface area contributed by atoms with Crippen LogP contribution in [0.4, 0.5) is 0 Å². The number of rotatable bonds is 7. The predicted molar refractivity (Wildman–Crippen MR) is 64.3 cm³/mol. The predicted octanol–water partition coefficient (Wildman–Crippen LogP) is 2.13. The topological polar surface area (TPSA) is 50.9 Å². The zero-order chi connectivity index (χ0) is 12.0. The van der Waals surface area contributed by atoms with Crippen LogP contribution < -0.4 is 0 Å². The van der Waals surface area contributed by atoms with Crippen molar-refractivity contribution in [3.63, 3.8) is 0 Å². The molecule has 1 rings (SSSR count). The largest absolute Gasteiger partial charge is 0.396 e. The second kappa shape index (κ2) is 5.99. The molecule has 92 valence electrons. The number of aryl methyl sites for hydroxylation is 1. The van der Waals surface area contributed by atoms with Crippen molar-refractivity contribution >= 4 is 0 Å². The van der Waals surface area contributed by atoms with Crippen LogP contribution in [0.25, 0.3) is 0 Å². The van der Waals surface area contributed by atoms with Crippen molar-refractivity contribution < 1.29 is 5.11 Å². The van der Waals surface area contributed by atoms with Gasteiger partial charge in [0.15, 0.2) is 0 Å². The molecule has 0 unspecified atom stereocenters. The van der Waals surface area contributed by atoms with Gasteiger partial charge >= 0.3 is 0 Å². The fraction of sp³-hybridized carbons (Fsp3) is 0.833. The van der Waals surface area contributed by atoms with Gasteiger partial charge < -0.3 is 5.11 Å². The third-order valence-electron chi connectivity index (χ3n) is 3.66. The van der Waals surface area contributed by atoms with Crippen molar-refractivity contribution in [2.24, 2.45) is 0 Å². The average Bonchev–Trinajstić information content (AvgIpc) is 2.79. The Morgan fingerprint density at radius 2 is 1.88 bits per heavy atom. The zero-order valence-corrected chi connectivity index (χ0v) is 10.6. The van der Waals surface area contributed by atoms with Gasteiger partial charge in [-0.3, -0.25) is 4.68 Å². The minimum absolute atomic E-state index is 0.178. The minimum atomic E-state index is 0.178. The van der Waals surface area contributed by atoms with Crippen LogP contribution in [-0.4, -0.2) is 26.7 Å². The zero-order valence-electron chi connectivity index (χ0n) is 10.6. The van der Waals surface area contributed by atoms with E-state index in [0.717, 1.165) is 37.9 Å². The van der Waals surface area contributed by atoms with Gasteiger partial charge in [0.2, 0.25) is 0 Å². The van der Waals surface area contributed by atoms with Gasteiger partial charge in [0.1, 0.15) is 0 Å². The summed E-state index contributed by atoms with van der Waals surface area (Å²) in [4.78, 5) is 0. The number of aliphatic hydroxyl groups excluding tert-OH is 1. The second-order valence-corrected chi connectivity index (χ2v) is 4.29. The third-order valence-corrected chi connectivity index (χ3v) is 3.66. The van der Waals surface area contributed by atoms with E-state index in [2.05, 4.69) is 31.1 Å². The van der Waals surface area contributed by atoms with Crippen molar-refractivity contribution in [2.75, 3.05) is 6.61 Å². The average molecular weight is 225 g/mol. The number of aliphatic hydroxyl groups is 1. The van der Waals surface area contributed by atoms with Gasteiger partial charge in [-0.15, -0.1) is 5.10 Å². The summed E-state index contributed by atoms with van der Waals surface area (Å²) in [6, 6.07) is 0. The van der Waals surface area contributed by atoms with Crippen molar-refractivity contribution in [1.82, 2.24) is 15.0 Å². The highest BCUT2D eigenvalue weighted by Gasteiger charge is 2.29. The van der Waals surface area contributed by atoms with E-state index in [4.69, 9.17) is 5.11 Å². The van der Waals surface area contributed by atoms with Crippen molar-refractivity contribution in [2.45, 2.75) is 58.4 Å². The number of aromatic nitrogens is 3. The monoisotopic (exact) mass is 225 g/mol. The molecule has 0 aliphatic rings. The lowest BCUT2D eigenvalue weighted by molar-refractivity contribution is 0.276. The first kappa shape index (κ1) is 13.2. The van der Waals surface area contributed by atoms with E-state index in [9.17, 15) is 0 Å². The number of nitrogens with zero attached hydrogens (tertiary/aromatic N) is 3. The molecule has 1 heterocycles. The lowest BCUT2D eigenvalue weighted by Gasteiger charge is -2.27. The van der Waals surface area contributed by atoms with Crippen molar-refractivity contribution in [1.29, 1.82) is 0 Å². The molecule has 1 aromatic heterocycles. The molecule has 4 heteroatoms. The number of hydrogen-bond acceptors (Lipinski definition) is 3. The maximum atomic E-state index is 8.77. The van der Waals surface area contributed by atoms with E-state index >= 15 is 0 Å². The summed E-state index contributed by atoms with van der Waals surface area (Å²) in [6.07, 6.45) is 6.06. The van der Waals surface area contributed by atoms with Gasteiger partial charge in [-0.1, -0.05) is 26.0 Å². The summed E-state index contributed by atoms with van der Waals surface area (Å²) in [5.41, 5.74) is 1.27. The molecule has 16 heavy (non-hydrogen) atoms. The maximum Gasteiger partial charge on any atom is 0.0888 e. The Morgan fingerprint density at radius 3 is 2.38 bits per heavy atom. The fourth-order valence-corrected chi connectivity index (χ4v) is 2.18. The Bertz CT molecular complexity index is 297. The SMILES string of the molecule is CCC(CC)(CC)c1cn(CCCO)nn1. The van der Waals surface area contributed by atoms with Crippen LogP contribution >= 0.6 is 0 Å². The standard InChI is InChI=1S/C12H23N3O/c1-4-12(5-2,6-3)11-10-15(14-13-11)8-7-9-16/h10,16H,4-9H2,1-3H3. The first-order valence-electron chi connectivity index (χ1n) is 6.23. The van der Waals surface area contributed by atoms with Gasteiger partial charge in [-0.05, 0) is 25.7 Å². The van der Waals surface area contributed by atoms with Crippen LogP contribution in [0.3, 0.4) is 0 Å². The summed E-state index contributed by atoms with van der Waals surface area (Å²) in [6.45, 7) is 7.58. The van der Waals surface area contributed by atoms with Gasteiger partial charge in [-0.25, -0.2) is 0 Å². The molecule has 0 fully saturated rings. The van der Waals surface area contributed by atoms with Crippen LogP contribution in [0.15, 0.2) is 6.20 Å². The molecule has 0 bridgehead atoms. The summed E-state index contributed by atoms with van der Waals surface area (Å²) in [5, 5.41) is 17.2. The highest BCUT2D eigenvalue weighted by Crippen LogP contribution is 2.33. The van der Waals surface area contributed by atoms with Gasteiger partial charge in [0.25, 0.3) is 0 Å². The fourth-order valence-electron chi connectivity index (χ4n) is 2.18. The second-order valence-electron chi connectivity index (χ2n) is 4.29. The quantitative estimate of drug-likeness (QED) is 0.773. The first-order chi connectivity index (χ1) is 7.72. The molecular weight excluding hydrogens is 202 g/mol. The molecule has 1 aromatic rings. The summed E-state index contributed by atoms with van der Waals surface area (Å²) >= 11 is 0. The summed E-state index contributed by atoms with van der Waals surface area (Å²) in [5.74, 6) is 0. The lowest BCUT2D eigenvalue weighted by atomic mass is 9.77. The highest BCUT2D eigenvalue weighted by molar-refractivity contribution is 5.11. The van der Waals surface area contributed by atoms with Crippen LogP contribution in [0.5, 0.6) is 0 Å². The molecule has 0 atom stereocenters. The van der Waals surface area contributed by atoms with Crippen LogP contribution in [0.1, 0.15) is 52.1 Å². The number of hydrogen-bond donors (Lipinski definition) is 1. The Kier molecular flexibility index (Phi) is 4.93. The van der Waals surface area contributed by atoms with E-state index in [1.54, 1.807) is 0 Å². The lowest BCUT2D eigenvalue weighted by Crippen LogP contribution is -2.23. The molecule has 0 radical (unpaired) electrons. The molecule has 4 nitrogen and oxygen atoms in total. The van der Waals surface area contributed by atoms with E-state index in [-0.39, 0.29) is 12.0 Å².